The summed E-state index contributed by atoms with van der Waals surface area (Å²) in [6.07, 6.45) is 5.32. The van der Waals surface area contributed by atoms with E-state index in [1.807, 2.05) is 6.07 Å². The molecule has 3 nitrogen and oxygen atoms in total. The van der Waals surface area contributed by atoms with Gasteiger partial charge in [-0.2, -0.15) is 5.26 Å². The van der Waals surface area contributed by atoms with Crippen molar-refractivity contribution in [3.8, 4) is 6.07 Å². The minimum atomic E-state index is -0.332. The van der Waals surface area contributed by atoms with E-state index in [0.717, 1.165) is 25.7 Å². The smallest absolute Gasteiger partial charge is 0.128 e. The molecule has 2 atom stereocenters. The molecule has 1 saturated carbocycles. The molecule has 4 heteroatoms. The zero-order chi connectivity index (χ0) is 13.7. The summed E-state index contributed by atoms with van der Waals surface area (Å²) in [5, 5.41) is 8.82. The van der Waals surface area contributed by atoms with E-state index in [4.69, 9.17) is 15.7 Å². The molecular weight excluding hydrogens is 243 g/mol. The summed E-state index contributed by atoms with van der Waals surface area (Å²) in [6, 6.07) is 6.35. The summed E-state index contributed by atoms with van der Waals surface area (Å²) >= 11 is 0. The van der Waals surface area contributed by atoms with E-state index >= 15 is 0 Å². The van der Waals surface area contributed by atoms with Gasteiger partial charge in [0.05, 0.1) is 24.3 Å². The number of rotatable bonds is 3. The van der Waals surface area contributed by atoms with Gasteiger partial charge in [0.2, 0.25) is 0 Å². The predicted molar refractivity (Wildman–Crippen MR) is 70.8 cm³/mol. The Morgan fingerprint density at radius 3 is 2.89 bits per heavy atom. The highest BCUT2D eigenvalue weighted by Gasteiger charge is 2.21. The number of ether oxygens (including phenoxy) is 1. The number of hydrogen-bond acceptors (Lipinski definition) is 3. The molecule has 0 bridgehead atoms. The minimum absolute atomic E-state index is 0.00681. The first kappa shape index (κ1) is 14.0. The number of benzene rings is 1. The summed E-state index contributed by atoms with van der Waals surface area (Å²) in [5.74, 6) is -0.332. The van der Waals surface area contributed by atoms with Crippen LogP contribution in [0.1, 0.15) is 43.2 Å². The molecule has 19 heavy (non-hydrogen) atoms. The van der Waals surface area contributed by atoms with Crippen molar-refractivity contribution in [2.24, 2.45) is 5.73 Å². The highest BCUT2D eigenvalue weighted by molar-refractivity contribution is 5.33. The molecule has 0 spiro atoms. The number of hydrogen-bond donors (Lipinski definition) is 1. The molecule has 1 aliphatic carbocycles. The highest BCUT2D eigenvalue weighted by Crippen LogP contribution is 2.21. The second-order valence-corrected chi connectivity index (χ2v) is 5.07. The zero-order valence-electron chi connectivity index (χ0n) is 10.9. The van der Waals surface area contributed by atoms with Gasteiger partial charge >= 0.3 is 0 Å². The number of nitriles is 1. The minimum Gasteiger partial charge on any atom is -0.372 e. The van der Waals surface area contributed by atoms with Gasteiger partial charge in [-0.05, 0) is 31.0 Å². The maximum Gasteiger partial charge on any atom is 0.128 e. The Bertz CT molecular complexity index is 470. The SMILES string of the molecule is N#Cc1ccc(F)c(COC2CCCCCC2N)c1. The molecule has 1 aromatic rings. The van der Waals surface area contributed by atoms with Crippen molar-refractivity contribution in [1.29, 1.82) is 5.26 Å². The first-order chi connectivity index (χ1) is 9.20. The van der Waals surface area contributed by atoms with Gasteiger partial charge in [-0.25, -0.2) is 4.39 Å². The molecule has 0 radical (unpaired) electrons. The number of nitrogens with two attached hydrogens (primary N) is 1. The Morgan fingerprint density at radius 1 is 1.32 bits per heavy atom. The fourth-order valence-corrected chi connectivity index (χ4v) is 2.46. The Kier molecular flexibility index (Phi) is 4.89. The van der Waals surface area contributed by atoms with Gasteiger partial charge in [-0.15, -0.1) is 0 Å². The number of halogens is 1. The first-order valence-electron chi connectivity index (χ1n) is 6.76. The van der Waals surface area contributed by atoms with Crippen molar-refractivity contribution in [3.63, 3.8) is 0 Å². The van der Waals surface area contributed by atoms with Crippen LogP contribution in [0.3, 0.4) is 0 Å². The lowest BCUT2D eigenvalue weighted by atomic mass is 10.1. The molecular formula is C15H19FN2O. The average molecular weight is 262 g/mol. The molecule has 1 aliphatic rings. The van der Waals surface area contributed by atoms with Gasteiger partial charge in [-0.1, -0.05) is 19.3 Å². The third-order valence-corrected chi connectivity index (χ3v) is 3.63. The third-order valence-electron chi connectivity index (χ3n) is 3.63. The van der Waals surface area contributed by atoms with Crippen LogP contribution in [0.25, 0.3) is 0 Å². The molecule has 0 heterocycles. The van der Waals surface area contributed by atoms with E-state index in [1.165, 1.54) is 24.6 Å². The van der Waals surface area contributed by atoms with Gasteiger partial charge in [0.15, 0.2) is 0 Å². The molecule has 0 amide bonds. The molecule has 2 unspecified atom stereocenters. The normalized spacial score (nSPS) is 23.6. The second-order valence-electron chi connectivity index (χ2n) is 5.07. The van der Waals surface area contributed by atoms with Crippen LogP contribution in [0, 0.1) is 17.1 Å². The third kappa shape index (κ3) is 3.76. The molecule has 2 rings (SSSR count). The maximum absolute atomic E-state index is 13.6. The van der Waals surface area contributed by atoms with Crippen molar-refractivity contribution in [2.45, 2.75) is 50.9 Å². The molecule has 102 valence electrons. The van der Waals surface area contributed by atoms with Crippen LogP contribution >= 0.6 is 0 Å². The fourth-order valence-electron chi connectivity index (χ4n) is 2.46. The van der Waals surface area contributed by atoms with Crippen LogP contribution < -0.4 is 5.73 Å². The van der Waals surface area contributed by atoms with Crippen LogP contribution in [0.15, 0.2) is 18.2 Å². The van der Waals surface area contributed by atoms with E-state index in [9.17, 15) is 4.39 Å². The fraction of sp³-hybridized carbons (Fsp3) is 0.533. The van der Waals surface area contributed by atoms with E-state index in [-0.39, 0.29) is 24.6 Å². The molecule has 0 saturated heterocycles. The van der Waals surface area contributed by atoms with Gasteiger partial charge in [0.25, 0.3) is 0 Å². The summed E-state index contributed by atoms with van der Waals surface area (Å²) < 4.78 is 19.4. The lowest BCUT2D eigenvalue weighted by Crippen LogP contribution is -2.35. The first-order valence-corrected chi connectivity index (χ1v) is 6.76. The molecule has 0 aliphatic heterocycles. The second kappa shape index (κ2) is 6.65. The van der Waals surface area contributed by atoms with Crippen LogP contribution in [-0.2, 0) is 11.3 Å². The molecule has 0 aromatic heterocycles. The quantitative estimate of drug-likeness (QED) is 0.852. The summed E-state index contributed by atoms with van der Waals surface area (Å²) in [4.78, 5) is 0. The van der Waals surface area contributed by atoms with Gasteiger partial charge in [-0.3, -0.25) is 0 Å². The Balaban J connectivity index is 1.99. The van der Waals surface area contributed by atoms with E-state index in [1.54, 1.807) is 0 Å². The van der Waals surface area contributed by atoms with E-state index < -0.39 is 0 Å². The van der Waals surface area contributed by atoms with Gasteiger partial charge in [0, 0.05) is 11.6 Å². The molecule has 2 N–H and O–H groups in total. The Labute approximate surface area is 113 Å². The van der Waals surface area contributed by atoms with Gasteiger partial charge < -0.3 is 10.5 Å². The predicted octanol–water partition coefficient (Wildman–Crippen LogP) is 2.87. The topological polar surface area (TPSA) is 59.0 Å². The van der Waals surface area contributed by atoms with Crippen molar-refractivity contribution in [2.75, 3.05) is 0 Å². The van der Waals surface area contributed by atoms with Crippen LogP contribution in [-0.4, -0.2) is 12.1 Å². The van der Waals surface area contributed by atoms with E-state index in [2.05, 4.69) is 0 Å². The molecule has 1 fully saturated rings. The van der Waals surface area contributed by atoms with Crippen LogP contribution in [0.4, 0.5) is 4.39 Å². The highest BCUT2D eigenvalue weighted by atomic mass is 19.1. The summed E-state index contributed by atoms with van der Waals surface area (Å²) in [5.41, 5.74) is 6.94. The van der Waals surface area contributed by atoms with Crippen LogP contribution in [0.5, 0.6) is 0 Å². The Morgan fingerprint density at radius 2 is 2.11 bits per heavy atom. The van der Waals surface area contributed by atoms with Crippen molar-refractivity contribution in [3.05, 3.63) is 35.1 Å². The standard InChI is InChI=1S/C15H19FN2O/c16-13-7-6-11(9-17)8-12(13)10-19-15-5-3-1-2-4-14(15)18/h6-8,14-15H,1-5,10,18H2. The van der Waals surface area contributed by atoms with Crippen molar-refractivity contribution in [1.82, 2.24) is 0 Å². The summed E-state index contributed by atoms with van der Waals surface area (Å²) in [7, 11) is 0. The van der Waals surface area contributed by atoms with Crippen molar-refractivity contribution >= 4 is 0 Å². The lowest BCUT2D eigenvalue weighted by Gasteiger charge is -2.22. The Hall–Kier alpha value is -1.44. The summed E-state index contributed by atoms with van der Waals surface area (Å²) in [6.45, 7) is 0.180. The van der Waals surface area contributed by atoms with Crippen LogP contribution in [0.2, 0.25) is 0 Å². The van der Waals surface area contributed by atoms with E-state index in [0.29, 0.717) is 11.1 Å². The maximum atomic E-state index is 13.6. The largest absolute Gasteiger partial charge is 0.372 e. The zero-order valence-corrected chi connectivity index (χ0v) is 10.9. The monoisotopic (exact) mass is 262 g/mol. The lowest BCUT2D eigenvalue weighted by molar-refractivity contribution is 0.0181. The average Bonchev–Trinajstić information content (AvgIpc) is 2.63. The van der Waals surface area contributed by atoms with Gasteiger partial charge in [0.1, 0.15) is 5.82 Å². The molecule has 1 aromatic carbocycles. The number of nitrogens with zero attached hydrogens (tertiary/aromatic N) is 1. The van der Waals surface area contributed by atoms with Crippen molar-refractivity contribution < 1.29 is 9.13 Å².